The second-order valence-electron chi connectivity index (χ2n) is 5.16. The Labute approximate surface area is 117 Å². The lowest BCUT2D eigenvalue weighted by atomic mass is 10.1. The van der Waals surface area contributed by atoms with E-state index in [1.54, 1.807) is 11.3 Å². The lowest BCUT2D eigenvalue weighted by Crippen LogP contribution is -2.33. The molecule has 2 unspecified atom stereocenters. The molecule has 0 aliphatic carbocycles. The standard InChI is InChI=1S/C14H20N2O2S/c17-13-10-15-14(12-5-3-9-19-12)16(13)7-6-11-4-1-2-8-18-11/h3,5,9,11,14-15H,1-2,4,6-8,10H2. The van der Waals surface area contributed by atoms with E-state index in [0.29, 0.717) is 12.6 Å². The molecule has 1 aromatic heterocycles. The summed E-state index contributed by atoms with van der Waals surface area (Å²) in [5.41, 5.74) is 0. The van der Waals surface area contributed by atoms with Crippen molar-refractivity contribution >= 4 is 17.2 Å². The van der Waals surface area contributed by atoms with Crippen LogP contribution in [-0.2, 0) is 9.53 Å². The molecule has 0 radical (unpaired) electrons. The first kappa shape index (κ1) is 13.1. The number of thiophene rings is 1. The number of ether oxygens (including phenoxy) is 1. The maximum Gasteiger partial charge on any atom is 0.238 e. The lowest BCUT2D eigenvalue weighted by Gasteiger charge is -2.27. The van der Waals surface area contributed by atoms with Crippen molar-refractivity contribution in [2.75, 3.05) is 19.7 Å². The van der Waals surface area contributed by atoms with Gasteiger partial charge >= 0.3 is 0 Å². The largest absolute Gasteiger partial charge is 0.378 e. The average Bonchev–Trinajstić information content (AvgIpc) is 3.07. The number of hydrogen-bond donors (Lipinski definition) is 1. The third-order valence-corrected chi connectivity index (χ3v) is 4.78. The van der Waals surface area contributed by atoms with Crippen LogP contribution >= 0.6 is 11.3 Å². The Hall–Kier alpha value is -0.910. The summed E-state index contributed by atoms with van der Waals surface area (Å²) < 4.78 is 5.74. The second kappa shape index (κ2) is 6.03. The summed E-state index contributed by atoms with van der Waals surface area (Å²) in [6, 6.07) is 4.12. The zero-order valence-corrected chi connectivity index (χ0v) is 11.8. The molecule has 3 heterocycles. The molecule has 19 heavy (non-hydrogen) atoms. The van der Waals surface area contributed by atoms with Gasteiger partial charge in [0.05, 0.1) is 12.6 Å². The van der Waals surface area contributed by atoms with Crippen molar-refractivity contribution in [3.8, 4) is 0 Å². The van der Waals surface area contributed by atoms with E-state index in [1.165, 1.54) is 17.7 Å². The van der Waals surface area contributed by atoms with E-state index in [2.05, 4.69) is 16.8 Å². The Bertz CT molecular complexity index is 415. The van der Waals surface area contributed by atoms with Gasteiger partial charge in [-0.2, -0.15) is 0 Å². The van der Waals surface area contributed by atoms with E-state index < -0.39 is 0 Å². The third-order valence-electron chi connectivity index (χ3n) is 3.86. The summed E-state index contributed by atoms with van der Waals surface area (Å²) in [5.74, 6) is 0.203. The summed E-state index contributed by atoms with van der Waals surface area (Å²) in [5, 5.41) is 5.35. The van der Waals surface area contributed by atoms with Crippen molar-refractivity contribution in [1.29, 1.82) is 0 Å². The van der Waals surface area contributed by atoms with E-state index in [-0.39, 0.29) is 12.1 Å². The van der Waals surface area contributed by atoms with Crippen LogP contribution in [-0.4, -0.2) is 36.6 Å². The van der Waals surface area contributed by atoms with Crippen molar-refractivity contribution in [3.63, 3.8) is 0 Å². The molecule has 4 nitrogen and oxygen atoms in total. The monoisotopic (exact) mass is 280 g/mol. The molecule has 2 aliphatic rings. The molecule has 1 aromatic rings. The summed E-state index contributed by atoms with van der Waals surface area (Å²) in [6.45, 7) is 2.12. The first-order chi connectivity index (χ1) is 9.34. The lowest BCUT2D eigenvalue weighted by molar-refractivity contribution is -0.128. The molecule has 1 amide bonds. The van der Waals surface area contributed by atoms with Gasteiger partial charge in [-0.1, -0.05) is 6.07 Å². The van der Waals surface area contributed by atoms with E-state index in [0.717, 1.165) is 26.0 Å². The van der Waals surface area contributed by atoms with Gasteiger partial charge in [0.15, 0.2) is 0 Å². The molecule has 0 saturated carbocycles. The highest BCUT2D eigenvalue weighted by molar-refractivity contribution is 7.10. The second-order valence-corrected chi connectivity index (χ2v) is 6.14. The summed E-state index contributed by atoms with van der Waals surface area (Å²) in [6.07, 6.45) is 4.93. The smallest absolute Gasteiger partial charge is 0.238 e. The van der Waals surface area contributed by atoms with Gasteiger partial charge in [-0.05, 0) is 37.1 Å². The van der Waals surface area contributed by atoms with Gasteiger partial charge in [0, 0.05) is 18.0 Å². The van der Waals surface area contributed by atoms with E-state index in [1.807, 2.05) is 11.0 Å². The van der Waals surface area contributed by atoms with Crippen LogP contribution in [0.5, 0.6) is 0 Å². The minimum atomic E-state index is 0.0658. The molecule has 2 fully saturated rings. The van der Waals surface area contributed by atoms with Gasteiger partial charge in [-0.25, -0.2) is 0 Å². The van der Waals surface area contributed by atoms with Crippen LogP contribution in [0.25, 0.3) is 0 Å². The van der Waals surface area contributed by atoms with Crippen LogP contribution in [0.3, 0.4) is 0 Å². The fourth-order valence-corrected chi connectivity index (χ4v) is 3.62. The molecule has 2 atom stereocenters. The Kier molecular flexibility index (Phi) is 4.15. The van der Waals surface area contributed by atoms with Crippen LogP contribution in [0.4, 0.5) is 0 Å². The minimum absolute atomic E-state index is 0.0658. The number of carbonyl (C=O) groups is 1. The van der Waals surface area contributed by atoms with Gasteiger partial charge in [0.1, 0.15) is 6.17 Å². The Morgan fingerprint density at radius 2 is 2.42 bits per heavy atom. The van der Waals surface area contributed by atoms with Gasteiger partial charge < -0.3 is 9.64 Å². The Morgan fingerprint density at radius 1 is 1.47 bits per heavy atom. The molecule has 1 N–H and O–H groups in total. The summed E-state index contributed by atoms with van der Waals surface area (Å²) >= 11 is 1.70. The number of amides is 1. The number of rotatable bonds is 4. The number of hydrogen-bond acceptors (Lipinski definition) is 4. The normalized spacial score (nSPS) is 28.0. The van der Waals surface area contributed by atoms with E-state index in [9.17, 15) is 4.79 Å². The molecule has 104 valence electrons. The number of nitrogens with zero attached hydrogens (tertiary/aromatic N) is 1. The van der Waals surface area contributed by atoms with Crippen LogP contribution in [0.2, 0.25) is 0 Å². The summed E-state index contributed by atoms with van der Waals surface area (Å²) in [7, 11) is 0. The highest BCUT2D eigenvalue weighted by Crippen LogP contribution is 2.27. The molecule has 0 bridgehead atoms. The predicted molar refractivity (Wildman–Crippen MR) is 75.0 cm³/mol. The fourth-order valence-electron chi connectivity index (χ4n) is 2.81. The predicted octanol–water partition coefficient (Wildman–Crippen LogP) is 2.14. The van der Waals surface area contributed by atoms with Crippen LogP contribution < -0.4 is 5.32 Å². The average molecular weight is 280 g/mol. The first-order valence-electron chi connectivity index (χ1n) is 7.02. The minimum Gasteiger partial charge on any atom is -0.378 e. The van der Waals surface area contributed by atoms with Gasteiger partial charge in [-0.3, -0.25) is 10.1 Å². The molecule has 3 rings (SSSR count). The Morgan fingerprint density at radius 3 is 3.16 bits per heavy atom. The van der Waals surface area contributed by atoms with Crippen LogP contribution in [0.15, 0.2) is 17.5 Å². The van der Waals surface area contributed by atoms with Crippen molar-refractivity contribution in [3.05, 3.63) is 22.4 Å². The molecule has 5 heteroatoms. The van der Waals surface area contributed by atoms with Crippen molar-refractivity contribution in [2.45, 2.75) is 38.0 Å². The van der Waals surface area contributed by atoms with Crippen molar-refractivity contribution < 1.29 is 9.53 Å². The molecular weight excluding hydrogens is 260 g/mol. The zero-order chi connectivity index (χ0) is 13.1. The third kappa shape index (κ3) is 2.99. The number of nitrogens with one attached hydrogen (secondary N) is 1. The highest BCUT2D eigenvalue weighted by Gasteiger charge is 2.32. The van der Waals surface area contributed by atoms with E-state index >= 15 is 0 Å². The molecule has 0 aromatic carbocycles. The molecule has 2 saturated heterocycles. The quantitative estimate of drug-likeness (QED) is 0.918. The molecule has 2 aliphatic heterocycles. The van der Waals surface area contributed by atoms with Gasteiger partial charge in [0.25, 0.3) is 0 Å². The van der Waals surface area contributed by atoms with Crippen LogP contribution in [0, 0.1) is 0 Å². The zero-order valence-electron chi connectivity index (χ0n) is 11.0. The highest BCUT2D eigenvalue weighted by atomic mass is 32.1. The maximum atomic E-state index is 12.0. The van der Waals surface area contributed by atoms with Gasteiger partial charge in [0.2, 0.25) is 5.91 Å². The SMILES string of the molecule is O=C1CNC(c2cccs2)N1CCC1CCCCO1. The first-order valence-corrected chi connectivity index (χ1v) is 7.90. The maximum absolute atomic E-state index is 12.0. The number of carbonyl (C=O) groups excluding carboxylic acids is 1. The van der Waals surface area contributed by atoms with Crippen LogP contribution in [0.1, 0.15) is 36.7 Å². The van der Waals surface area contributed by atoms with Crippen molar-refractivity contribution in [2.24, 2.45) is 0 Å². The van der Waals surface area contributed by atoms with E-state index in [4.69, 9.17) is 4.74 Å². The Balaban J connectivity index is 1.59. The molecule has 0 spiro atoms. The summed E-state index contributed by atoms with van der Waals surface area (Å²) in [4.78, 5) is 15.2. The molecular formula is C14H20N2O2S. The fraction of sp³-hybridized carbons (Fsp3) is 0.643. The topological polar surface area (TPSA) is 41.6 Å². The van der Waals surface area contributed by atoms with Crippen molar-refractivity contribution in [1.82, 2.24) is 10.2 Å². The van der Waals surface area contributed by atoms with Gasteiger partial charge in [-0.15, -0.1) is 11.3 Å².